The topological polar surface area (TPSA) is 61.4 Å². The van der Waals surface area contributed by atoms with Gasteiger partial charge >= 0.3 is 0 Å². The zero-order valence-corrected chi connectivity index (χ0v) is 14.1. The van der Waals surface area contributed by atoms with Crippen molar-refractivity contribution in [3.8, 4) is 0 Å². The molecule has 0 atom stereocenters. The summed E-state index contributed by atoms with van der Waals surface area (Å²) in [7, 11) is 1.98. The van der Waals surface area contributed by atoms with Crippen LogP contribution in [0.5, 0.6) is 0 Å². The Bertz CT molecular complexity index is 520. The summed E-state index contributed by atoms with van der Waals surface area (Å²) >= 11 is 0. The summed E-state index contributed by atoms with van der Waals surface area (Å²) in [5.41, 5.74) is 1.73. The Balaban J connectivity index is 1.85. The highest BCUT2D eigenvalue weighted by Crippen LogP contribution is 2.21. The molecule has 1 aromatic carbocycles. The van der Waals surface area contributed by atoms with Gasteiger partial charge in [-0.3, -0.25) is 9.59 Å². The fourth-order valence-corrected chi connectivity index (χ4v) is 2.95. The van der Waals surface area contributed by atoms with E-state index in [1.807, 2.05) is 36.2 Å². The number of nitrogens with zero attached hydrogens (tertiary/aromatic N) is 1. The molecule has 0 unspecified atom stereocenters. The largest absolute Gasteiger partial charge is 0.352 e. The number of nitrogens with one attached hydrogen (secondary N) is 2. The van der Waals surface area contributed by atoms with Crippen molar-refractivity contribution >= 4 is 11.8 Å². The van der Waals surface area contributed by atoms with Crippen LogP contribution in [0.1, 0.15) is 42.1 Å². The number of hydrogen-bond acceptors (Lipinski definition) is 3. The molecule has 5 nitrogen and oxygen atoms in total. The molecular weight excluding hydrogens is 290 g/mol. The zero-order chi connectivity index (χ0) is 16.7. The van der Waals surface area contributed by atoms with Crippen LogP contribution >= 0.6 is 0 Å². The average Bonchev–Trinajstić information content (AvgIpc) is 2.58. The van der Waals surface area contributed by atoms with Gasteiger partial charge in [-0.1, -0.05) is 12.1 Å². The second kappa shape index (κ2) is 8.67. The van der Waals surface area contributed by atoms with Gasteiger partial charge in [0.15, 0.2) is 0 Å². The molecule has 1 aromatic rings. The highest BCUT2D eigenvalue weighted by Gasteiger charge is 2.23. The van der Waals surface area contributed by atoms with Crippen LogP contribution in [0.25, 0.3) is 0 Å². The first-order chi connectivity index (χ1) is 11.1. The number of hydrogen-bond donors (Lipinski definition) is 2. The van der Waals surface area contributed by atoms with Gasteiger partial charge in [0.25, 0.3) is 5.91 Å². The van der Waals surface area contributed by atoms with Crippen LogP contribution < -0.4 is 10.6 Å². The van der Waals surface area contributed by atoms with E-state index >= 15 is 0 Å². The molecule has 2 rings (SSSR count). The molecule has 0 bridgehead atoms. The lowest BCUT2D eigenvalue weighted by Crippen LogP contribution is -2.39. The van der Waals surface area contributed by atoms with Gasteiger partial charge in [0.2, 0.25) is 5.91 Å². The van der Waals surface area contributed by atoms with Crippen molar-refractivity contribution in [1.82, 2.24) is 15.5 Å². The Labute approximate surface area is 138 Å². The lowest BCUT2D eigenvalue weighted by atomic mass is 9.93. The maximum absolute atomic E-state index is 12.5. The number of benzene rings is 1. The molecule has 1 saturated heterocycles. The normalized spacial score (nSPS) is 15.5. The summed E-state index contributed by atoms with van der Waals surface area (Å²) in [6, 6.07) is 7.52. The minimum Gasteiger partial charge on any atom is -0.352 e. The van der Waals surface area contributed by atoms with Crippen LogP contribution in [0.2, 0.25) is 0 Å². The molecule has 2 N–H and O–H groups in total. The van der Waals surface area contributed by atoms with Crippen LogP contribution in [-0.4, -0.2) is 43.4 Å². The van der Waals surface area contributed by atoms with E-state index in [4.69, 9.17) is 0 Å². The molecule has 1 heterocycles. The number of carbonyl (C=O) groups is 2. The van der Waals surface area contributed by atoms with Gasteiger partial charge in [-0.25, -0.2) is 0 Å². The second-order valence-electron chi connectivity index (χ2n) is 6.23. The van der Waals surface area contributed by atoms with Crippen molar-refractivity contribution in [1.29, 1.82) is 0 Å². The maximum atomic E-state index is 12.5. The number of rotatable bonds is 6. The minimum absolute atomic E-state index is 0.0497. The molecule has 0 saturated carbocycles. The third-order valence-electron chi connectivity index (χ3n) is 4.45. The average molecular weight is 317 g/mol. The quantitative estimate of drug-likeness (QED) is 0.841. The second-order valence-corrected chi connectivity index (χ2v) is 6.23. The highest BCUT2D eigenvalue weighted by molar-refractivity contribution is 5.94. The number of likely N-dealkylation sites (tertiary alicyclic amines) is 1. The molecule has 0 spiro atoms. The highest BCUT2D eigenvalue weighted by atomic mass is 16.2. The van der Waals surface area contributed by atoms with Gasteiger partial charge in [-0.2, -0.15) is 0 Å². The maximum Gasteiger partial charge on any atom is 0.253 e. The van der Waals surface area contributed by atoms with Crippen molar-refractivity contribution in [3.63, 3.8) is 0 Å². The van der Waals surface area contributed by atoms with Gasteiger partial charge in [0.1, 0.15) is 0 Å². The predicted octanol–water partition coefficient (Wildman–Crippen LogP) is 1.78. The summed E-state index contributed by atoms with van der Waals surface area (Å²) in [4.78, 5) is 25.4. The van der Waals surface area contributed by atoms with E-state index in [0.717, 1.165) is 49.5 Å². The van der Waals surface area contributed by atoms with E-state index < -0.39 is 0 Å². The first-order valence-corrected chi connectivity index (χ1v) is 8.37. The van der Waals surface area contributed by atoms with Gasteiger partial charge in [-0.15, -0.1) is 0 Å². The van der Waals surface area contributed by atoms with Gasteiger partial charge in [0, 0.05) is 32.1 Å². The van der Waals surface area contributed by atoms with E-state index in [9.17, 15) is 9.59 Å². The molecule has 0 aromatic heterocycles. The molecule has 5 heteroatoms. The Morgan fingerprint density at radius 1 is 1.17 bits per heavy atom. The van der Waals surface area contributed by atoms with Gasteiger partial charge in [0.05, 0.1) is 0 Å². The fourth-order valence-electron chi connectivity index (χ4n) is 2.95. The van der Waals surface area contributed by atoms with Crippen molar-refractivity contribution in [2.75, 3.05) is 26.7 Å². The van der Waals surface area contributed by atoms with Crippen molar-refractivity contribution in [3.05, 3.63) is 35.4 Å². The van der Waals surface area contributed by atoms with Crippen molar-refractivity contribution < 1.29 is 9.59 Å². The van der Waals surface area contributed by atoms with Crippen molar-refractivity contribution in [2.24, 2.45) is 5.92 Å². The van der Waals surface area contributed by atoms with Gasteiger partial charge < -0.3 is 15.5 Å². The minimum atomic E-state index is -0.0497. The molecule has 1 aliphatic rings. The molecular formula is C18H27N3O2. The van der Waals surface area contributed by atoms with Crippen LogP contribution in [-0.2, 0) is 11.3 Å². The molecule has 1 aliphatic heterocycles. The molecule has 0 aliphatic carbocycles. The smallest absolute Gasteiger partial charge is 0.253 e. The van der Waals surface area contributed by atoms with E-state index in [2.05, 4.69) is 10.6 Å². The molecule has 23 heavy (non-hydrogen) atoms. The Morgan fingerprint density at radius 2 is 1.83 bits per heavy atom. The first-order valence-electron chi connectivity index (χ1n) is 8.37. The summed E-state index contributed by atoms with van der Waals surface area (Å²) < 4.78 is 0. The fraction of sp³-hybridized carbons (Fsp3) is 0.556. The third-order valence-corrected chi connectivity index (χ3v) is 4.45. The van der Waals surface area contributed by atoms with Crippen molar-refractivity contribution in [2.45, 2.75) is 32.7 Å². The number of amides is 2. The third kappa shape index (κ3) is 5.36. The van der Waals surface area contributed by atoms with Gasteiger partial charge in [-0.05, 0) is 56.5 Å². The first kappa shape index (κ1) is 17.5. The Morgan fingerprint density at radius 3 is 2.39 bits per heavy atom. The Hall–Kier alpha value is -1.88. The van der Waals surface area contributed by atoms with E-state index in [1.165, 1.54) is 13.3 Å². The van der Waals surface area contributed by atoms with E-state index in [-0.39, 0.29) is 11.8 Å². The summed E-state index contributed by atoms with van der Waals surface area (Å²) in [5.74, 6) is 0.793. The number of piperidine rings is 1. The standard InChI is InChI=1S/C18H27N3O2/c1-14(22)20-13-16-3-5-17(6-4-16)18(23)21-11-8-15(9-12-21)7-10-19-2/h3-6,15,19H,7-13H2,1-2H3,(H,20,22). The van der Waals surface area contributed by atoms with Crippen LogP contribution in [0.3, 0.4) is 0 Å². The Kier molecular flexibility index (Phi) is 6.59. The van der Waals surface area contributed by atoms with E-state index in [0.29, 0.717) is 6.54 Å². The summed E-state index contributed by atoms with van der Waals surface area (Å²) in [6.07, 6.45) is 3.37. The summed E-state index contributed by atoms with van der Waals surface area (Å²) in [6.45, 7) is 4.74. The molecule has 2 amide bonds. The monoisotopic (exact) mass is 317 g/mol. The van der Waals surface area contributed by atoms with Crippen LogP contribution in [0.15, 0.2) is 24.3 Å². The molecule has 0 radical (unpaired) electrons. The summed E-state index contributed by atoms with van der Waals surface area (Å²) in [5, 5.41) is 5.95. The van der Waals surface area contributed by atoms with Crippen LogP contribution in [0.4, 0.5) is 0 Å². The predicted molar refractivity (Wildman–Crippen MR) is 91.1 cm³/mol. The lowest BCUT2D eigenvalue weighted by molar-refractivity contribution is -0.119. The zero-order valence-electron chi connectivity index (χ0n) is 14.1. The SMILES string of the molecule is CNCCC1CCN(C(=O)c2ccc(CNC(C)=O)cc2)CC1. The van der Waals surface area contributed by atoms with Crippen LogP contribution in [0, 0.1) is 5.92 Å². The van der Waals surface area contributed by atoms with E-state index in [1.54, 1.807) is 0 Å². The number of carbonyl (C=O) groups excluding carboxylic acids is 2. The lowest BCUT2D eigenvalue weighted by Gasteiger charge is -2.32. The molecule has 1 fully saturated rings. The molecule has 126 valence electrons.